The van der Waals surface area contributed by atoms with E-state index >= 15 is 0 Å². The molecule has 2 N–H and O–H groups in total. The number of rotatable bonds is 5. The molecule has 0 unspecified atom stereocenters. The molecule has 1 aromatic carbocycles. The third-order valence-corrected chi connectivity index (χ3v) is 3.74. The number of aryl methyl sites for hydroxylation is 2. The van der Waals surface area contributed by atoms with Gasteiger partial charge in [0.15, 0.2) is 0 Å². The second-order valence-electron chi connectivity index (χ2n) is 5.28. The molecule has 21 heavy (non-hydrogen) atoms. The fourth-order valence-corrected chi connectivity index (χ4v) is 2.34. The summed E-state index contributed by atoms with van der Waals surface area (Å²) < 4.78 is 6.80. The van der Waals surface area contributed by atoms with Crippen LogP contribution < -0.4 is 11.3 Å². The van der Waals surface area contributed by atoms with Crippen LogP contribution in [-0.2, 0) is 11.3 Å². The minimum absolute atomic E-state index is 0.137. The fraction of sp³-hybridized carbons (Fsp3) is 0.353. The quantitative estimate of drug-likeness (QED) is 0.860. The van der Waals surface area contributed by atoms with Gasteiger partial charge in [-0.3, -0.25) is 4.79 Å². The number of benzene rings is 1. The lowest BCUT2D eigenvalue weighted by Gasteiger charge is -2.14. The minimum atomic E-state index is -0.137. The van der Waals surface area contributed by atoms with Gasteiger partial charge in [0.1, 0.15) is 0 Å². The first-order valence-corrected chi connectivity index (χ1v) is 7.10. The maximum absolute atomic E-state index is 12.3. The van der Waals surface area contributed by atoms with Crippen molar-refractivity contribution in [3.8, 4) is 11.3 Å². The summed E-state index contributed by atoms with van der Waals surface area (Å²) in [7, 11) is 1.66. The van der Waals surface area contributed by atoms with Crippen molar-refractivity contribution < 1.29 is 4.74 Å². The first-order valence-electron chi connectivity index (χ1n) is 7.10. The lowest BCUT2D eigenvalue weighted by Crippen LogP contribution is -2.24. The van der Waals surface area contributed by atoms with E-state index in [-0.39, 0.29) is 11.2 Å². The van der Waals surface area contributed by atoms with Crippen LogP contribution in [0.4, 0.5) is 5.69 Å². The Morgan fingerprint density at radius 3 is 2.57 bits per heavy atom. The van der Waals surface area contributed by atoms with Crippen LogP contribution in [0, 0.1) is 13.8 Å². The number of nitrogen functional groups attached to an aromatic ring is 1. The molecule has 1 heterocycles. The standard InChI is InChI=1S/C17H22N2O2/c1-12-5-6-14(11-13(12)2)16-8-7-15(18)17(20)19(16)9-4-10-21-3/h5-8,11H,4,9-10,18H2,1-3H3. The third-order valence-electron chi connectivity index (χ3n) is 3.74. The zero-order valence-electron chi connectivity index (χ0n) is 12.8. The van der Waals surface area contributed by atoms with E-state index in [1.807, 2.05) is 12.1 Å². The van der Waals surface area contributed by atoms with Crippen molar-refractivity contribution in [1.29, 1.82) is 0 Å². The summed E-state index contributed by atoms with van der Waals surface area (Å²) in [5.41, 5.74) is 10.3. The molecule has 0 radical (unpaired) electrons. The average Bonchev–Trinajstić information content (AvgIpc) is 2.47. The summed E-state index contributed by atoms with van der Waals surface area (Å²) >= 11 is 0. The first-order chi connectivity index (χ1) is 10.0. The number of nitrogens with zero attached hydrogens (tertiary/aromatic N) is 1. The molecule has 0 spiro atoms. The van der Waals surface area contributed by atoms with Gasteiger partial charge in [0.25, 0.3) is 5.56 Å². The Hall–Kier alpha value is -2.07. The lowest BCUT2D eigenvalue weighted by atomic mass is 10.0. The number of hydrogen-bond acceptors (Lipinski definition) is 3. The predicted molar refractivity (Wildman–Crippen MR) is 86.5 cm³/mol. The second-order valence-corrected chi connectivity index (χ2v) is 5.28. The molecule has 0 atom stereocenters. The van der Waals surface area contributed by atoms with Crippen molar-refractivity contribution in [2.75, 3.05) is 19.5 Å². The number of aromatic nitrogens is 1. The molecular formula is C17H22N2O2. The van der Waals surface area contributed by atoms with Crippen LogP contribution in [0.2, 0.25) is 0 Å². The van der Waals surface area contributed by atoms with E-state index in [0.717, 1.165) is 17.7 Å². The SMILES string of the molecule is COCCCn1c(-c2ccc(C)c(C)c2)ccc(N)c1=O. The molecule has 0 aliphatic rings. The normalized spacial score (nSPS) is 10.8. The maximum atomic E-state index is 12.3. The van der Waals surface area contributed by atoms with Crippen LogP contribution in [0.3, 0.4) is 0 Å². The van der Waals surface area contributed by atoms with Gasteiger partial charge < -0.3 is 15.0 Å². The van der Waals surface area contributed by atoms with Crippen LogP contribution in [0.25, 0.3) is 11.3 Å². The Kier molecular flexibility index (Phi) is 4.81. The van der Waals surface area contributed by atoms with Crippen LogP contribution >= 0.6 is 0 Å². The molecule has 0 fully saturated rings. The van der Waals surface area contributed by atoms with Crippen molar-refractivity contribution in [2.45, 2.75) is 26.8 Å². The summed E-state index contributed by atoms with van der Waals surface area (Å²) in [6.45, 7) is 5.37. The monoisotopic (exact) mass is 286 g/mol. The Balaban J connectivity index is 2.49. The highest BCUT2D eigenvalue weighted by Crippen LogP contribution is 2.22. The van der Waals surface area contributed by atoms with Crippen LogP contribution in [0.1, 0.15) is 17.5 Å². The van der Waals surface area contributed by atoms with Crippen molar-refractivity contribution >= 4 is 5.69 Å². The topological polar surface area (TPSA) is 57.2 Å². The van der Waals surface area contributed by atoms with Gasteiger partial charge in [-0.05, 0) is 55.2 Å². The Bertz CT molecular complexity index is 690. The van der Waals surface area contributed by atoms with E-state index in [9.17, 15) is 4.79 Å². The molecule has 0 bridgehead atoms. The van der Waals surface area contributed by atoms with E-state index in [1.54, 1.807) is 17.7 Å². The zero-order chi connectivity index (χ0) is 15.4. The van der Waals surface area contributed by atoms with E-state index in [2.05, 4.69) is 26.0 Å². The Morgan fingerprint density at radius 2 is 1.90 bits per heavy atom. The summed E-state index contributed by atoms with van der Waals surface area (Å²) in [5, 5.41) is 0. The minimum Gasteiger partial charge on any atom is -0.394 e. The van der Waals surface area contributed by atoms with Crippen molar-refractivity contribution in [3.05, 3.63) is 51.8 Å². The number of methoxy groups -OCH3 is 1. The highest BCUT2D eigenvalue weighted by atomic mass is 16.5. The third kappa shape index (κ3) is 3.34. The van der Waals surface area contributed by atoms with Gasteiger partial charge in [0.2, 0.25) is 0 Å². The van der Waals surface area contributed by atoms with Gasteiger partial charge in [-0.15, -0.1) is 0 Å². The molecule has 0 aliphatic heterocycles. The molecule has 0 saturated carbocycles. The number of hydrogen-bond donors (Lipinski definition) is 1. The molecule has 4 heteroatoms. The van der Waals surface area contributed by atoms with E-state index < -0.39 is 0 Å². The Morgan fingerprint density at radius 1 is 1.14 bits per heavy atom. The van der Waals surface area contributed by atoms with Gasteiger partial charge in [0.05, 0.1) is 11.4 Å². The molecule has 2 rings (SSSR count). The number of nitrogens with two attached hydrogens (primary N) is 1. The molecular weight excluding hydrogens is 264 g/mol. The Labute approximate surface area is 125 Å². The van der Waals surface area contributed by atoms with Gasteiger partial charge in [-0.1, -0.05) is 12.1 Å². The predicted octanol–water partition coefficient (Wildman–Crippen LogP) is 2.75. The molecule has 0 amide bonds. The lowest BCUT2D eigenvalue weighted by molar-refractivity contribution is 0.190. The second kappa shape index (κ2) is 6.59. The molecule has 0 aliphatic carbocycles. The molecule has 112 valence electrons. The molecule has 0 saturated heterocycles. The summed E-state index contributed by atoms with van der Waals surface area (Å²) in [6, 6.07) is 9.81. The van der Waals surface area contributed by atoms with E-state index in [4.69, 9.17) is 10.5 Å². The molecule has 1 aromatic heterocycles. The van der Waals surface area contributed by atoms with Crippen LogP contribution in [-0.4, -0.2) is 18.3 Å². The summed E-state index contributed by atoms with van der Waals surface area (Å²) in [6.07, 6.45) is 0.775. The largest absolute Gasteiger partial charge is 0.394 e. The number of pyridine rings is 1. The first kappa shape index (κ1) is 15.3. The average molecular weight is 286 g/mol. The van der Waals surface area contributed by atoms with Crippen LogP contribution in [0.5, 0.6) is 0 Å². The van der Waals surface area contributed by atoms with Crippen molar-refractivity contribution in [2.24, 2.45) is 0 Å². The molecule has 4 nitrogen and oxygen atoms in total. The highest BCUT2D eigenvalue weighted by Gasteiger charge is 2.09. The van der Waals surface area contributed by atoms with Gasteiger partial charge in [-0.2, -0.15) is 0 Å². The van der Waals surface area contributed by atoms with Gasteiger partial charge in [0, 0.05) is 20.3 Å². The maximum Gasteiger partial charge on any atom is 0.274 e. The molecule has 2 aromatic rings. The smallest absolute Gasteiger partial charge is 0.274 e. The number of anilines is 1. The number of ether oxygens (including phenoxy) is 1. The van der Waals surface area contributed by atoms with Crippen molar-refractivity contribution in [1.82, 2.24) is 4.57 Å². The highest BCUT2D eigenvalue weighted by molar-refractivity contribution is 5.63. The van der Waals surface area contributed by atoms with Crippen molar-refractivity contribution in [3.63, 3.8) is 0 Å². The summed E-state index contributed by atoms with van der Waals surface area (Å²) in [5.74, 6) is 0. The zero-order valence-corrected chi connectivity index (χ0v) is 12.8. The van der Waals surface area contributed by atoms with E-state index in [0.29, 0.717) is 13.2 Å². The van der Waals surface area contributed by atoms with E-state index in [1.165, 1.54) is 11.1 Å². The van der Waals surface area contributed by atoms with Gasteiger partial charge >= 0.3 is 0 Å². The van der Waals surface area contributed by atoms with Crippen LogP contribution in [0.15, 0.2) is 35.1 Å². The van der Waals surface area contributed by atoms with Gasteiger partial charge in [-0.25, -0.2) is 0 Å². The summed E-state index contributed by atoms with van der Waals surface area (Å²) in [4.78, 5) is 12.3. The fourth-order valence-electron chi connectivity index (χ4n) is 2.34.